The first-order chi connectivity index (χ1) is 15.3. The van der Waals surface area contributed by atoms with E-state index in [0.717, 1.165) is 24.8 Å². The van der Waals surface area contributed by atoms with Crippen LogP contribution in [0.15, 0.2) is 47.4 Å². The highest BCUT2D eigenvalue weighted by atomic mass is 35.5. The molecule has 2 heterocycles. The van der Waals surface area contributed by atoms with Crippen molar-refractivity contribution in [3.8, 4) is 0 Å². The van der Waals surface area contributed by atoms with E-state index in [1.165, 1.54) is 10.4 Å². The first-order valence-electron chi connectivity index (χ1n) is 10.7. The fraction of sp³-hybridized carbons (Fsp3) is 0.391. The highest BCUT2D eigenvalue weighted by Gasteiger charge is 2.35. The number of rotatable bonds is 5. The number of carbonyl (C=O) groups excluding carboxylic acids is 2. The lowest BCUT2D eigenvalue weighted by molar-refractivity contribution is -0.122. The minimum Gasteiger partial charge on any atom is -0.325 e. The topological polar surface area (TPSA) is 86.8 Å². The molecule has 32 heavy (non-hydrogen) atoms. The summed E-state index contributed by atoms with van der Waals surface area (Å²) in [5, 5.41) is 3.36. The van der Waals surface area contributed by atoms with Gasteiger partial charge in [0.15, 0.2) is 0 Å². The summed E-state index contributed by atoms with van der Waals surface area (Å²) in [7, 11) is -3.61. The van der Waals surface area contributed by atoms with Crippen molar-refractivity contribution >= 4 is 44.8 Å². The molecule has 2 saturated heterocycles. The molecule has 9 heteroatoms. The van der Waals surface area contributed by atoms with Crippen molar-refractivity contribution in [1.29, 1.82) is 0 Å². The maximum absolute atomic E-state index is 13.0. The first-order valence-corrected chi connectivity index (χ1v) is 12.5. The smallest absolute Gasteiger partial charge is 0.243 e. The van der Waals surface area contributed by atoms with E-state index < -0.39 is 15.9 Å². The zero-order chi connectivity index (χ0) is 22.9. The quantitative estimate of drug-likeness (QED) is 0.712. The van der Waals surface area contributed by atoms with Crippen LogP contribution in [0.5, 0.6) is 0 Å². The molecule has 2 fully saturated rings. The number of sulfonamides is 1. The fourth-order valence-electron chi connectivity index (χ4n) is 4.16. The van der Waals surface area contributed by atoms with Crippen LogP contribution >= 0.6 is 11.6 Å². The second-order valence-electron chi connectivity index (χ2n) is 8.32. The van der Waals surface area contributed by atoms with E-state index in [4.69, 9.17) is 11.6 Å². The van der Waals surface area contributed by atoms with Crippen molar-refractivity contribution in [3.05, 3.63) is 53.1 Å². The highest BCUT2D eigenvalue weighted by Crippen LogP contribution is 2.29. The Morgan fingerprint density at radius 3 is 2.56 bits per heavy atom. The number of aryl methyl sites for hydroxylation is 1. The Balaban J connectivity index is 1.50. The molecule has 170 valence electrons. The molecular weight excluding hydrogens is 450 g/mol. The molecule has 1 N–H and O–H groups in total. The summed E-state index contributed by atoms with van der Waals surface area (Å²) in [4.78, 5) is 27.2. The van der Waals surface area contributed by atoms with E-state index in [-0.39, 0.29) is 29.7 Å². The molecule has 0 radical (unpaired) electrons. The number of anilines is 2. The summed E-state index contributed by atoms with van der Waals surface area (Å²) in [5.41, 5.74) is 1.86. The number of hydrogen-bond donors (Lipinski definition) is 1. The Morgan fingerprint density at radius 2 is 1.84 bits per heavy atom. The number of carbonyl (C=O) groups is 2. The molecule has 2 aliphatic heterocycles. The standard InChI is InChI=1S/C23H26ClN3O4S/c1-16-8-9-20(32(30,31)26-10-3-2-4-11-26)14-21(16)25-23(29)17-12-22(28)27(15-17)19-7-5-6-18(24)13-19/h5-9,13-14,17H,2-4,10-12,15H2,1H3,(H,25,29). The van der Waals surface area contributed by atoms with Crippen molar-refractivity contribution in [2.24, 2.45) is 5.92 Å². The van der Waals surface area contributed by atoms with Crippen LogP contribution in [0.25, 0.3) is 0 Å². The Labute approximate surface area is 193 Å². The van der Waals surface area contributed by atoms with Gasteiger partial charge in [0.05, 0.1) is 10.8 Å². The van der Waals surface area contributed by atoms with Gasteiger partial charge in [0.2, 0.25) is 21.8 Å². The number of nitrogens with zero attached hydrogens (tertiary/aromatic N) is 2. The minimum absolute atomic E-state index is 0.0865. The summed E-state index contributed by atoms with van der Waals surface area (Å²) >= 11 is 6.03. The monoisotopic (exact) mass is 475 g/mol. The highest BCUT2D eigenvalue weighted by molar-refractivity contribution is 7.89. The van der Waals surface area contributed by atoms with Crippen molar-refractivity contribution < 1.29 is 18.0 Å². The largest absolute Gasteiger partial charge is 0.325 e. The number of nitrogens with one attached hydrogen (secondary N) is 1. The molecule has 0 bridgehead atoms. The molecule has 1 unspecified atom stereocenters. The Kier molecular flexibility index (Phi) is 6.55. The average Bonchev–Trinajstić information content (AvgIpc) is 3.17. The molecule has 0 aliphatic carbocycles. The normalized spacial score (nSPS) is 19.9. The van der Waals surface area contributed by atoms with Crippen molar-refractivity contribution in [2.45, 2.75) is 37.5 Å². The van der Waals surface area contributed by atoms with Gasteiger partial charge in [-0.2, -0.15) is 4.31 Å². The van der Waals surface area contributed by atoms with Crippen LogP contribution in [0, 0.1) is 12.8 Å². The van der Waals surface area contributed by atoms with Gasteiger partial charge in [-0.1, -0.05) is 30.2 Å². The van der Waals surface area contributed by atoms with Gasteiger partial charge in [0.25, 0.3) is 0 Å². The van der Waals surface area contributed by atoms with Crippen LogP contribution < -0.4 is 10.2 Å². The van der Waals surface area contributed by atoms with Crippen molar-refractivity contribution in [3.63, 3.8) is 0 Å². The van der Waals surface area contributed by atoms with E-state index in [9.17, 15) is 18.0 Å². The van der Waals surface area contributed by atoms with Gasteiger partial charge in [0, 0.05) is 42.5 Å². The average molecular weight is 476 g/mol. The molecule has 2 amide bonds. The molecule has 2 aromatic rings. The summed E-state index contributed by atoms with van der Waals surface area (Å²) in [5.74, 6) is -0.993. The van der Waals surface area contributed by atoms with E-state index in [1.807, 2.05) is 6.92 Å². The predicted molar refractivity (Wildman–Crippen MR) is 124 cm³/mol. The Hall–Kier alpha value is -2.42. The fourth-order valence-corrected chi connectivity index (χ4v) is 5.89. The second kappa shape index (κ2) is 9.21. The third-order valence-corrected chi connectivity index (χ3v) is 8.17. The molecule has 1 atom stereocenters. The molecule has 0 saturated carbocycles. The maximum Gasteiger partial charge on any atom is 0.243 e. The lowest BCUT2D eigenvalue weighted by atomic mass is 10.1. The van der Waals surface area contributed by atoms with Crippen LogP contribution in [-0.2, 0) is 19.6 Å². The van der Waals surface area contributed by atoms with Crippen LogP contribution in [0.1, 0.15) is 31.2 Å². The van der Waals surface area contributed by atoms with E-state index in [2.05, 4.69) is 5.32 Å². The number of piperidine rings is 1. The third-order valence-electron chi connectivity index (χ3n) is 6.04. The lowest BCUT2D eigenvalue weighted by Crippen LogP contribution is -2.35. The van der Waals surface area contributed by atoms with Crippen molar-refractivity contribution in [1.82, 2.24) is 4.31 Å². The van der Waals surface area contributed by atoms with Gasteiger partial charge in [-0.25, -0.2) is 8.42 Å². The lowest BCUT2D eigenvalue weighted by Gasteiger charge is -2.26. The van der Waals surface area contributed by atoms with E-state index in [0.29, 0.717) is 29.5 Å². The molecule has 2 aromatic carbocycles. The van der Waals surface area contributed by atoms with Gasteiger partial charge >= 0.3 is 0 Å². The van der Waals surface area contributed by atoms with Crippen LogP contribution in [0.3, 0.4) is 0 Å². The van der Waals surface area contributed by atoms with Crippen LogP contribution in [-0.4, -0.2) is 44.2 Å². The van der Waals surface area contributed by atoms with Gasteiger partial charge in [0.1, 0.15) is 0 Å². The van der Waals surface area contributed by atoms with Crippen LogP contribution in [0.4, 0.5) is 11.4 Å². The predicted octanol–water partition coefficient (Wildman–Crippen LogP) is 3.81. The Morgan fingerprint density at radius 1 is 1.09 bits per heavy atom. The van der Waals surface area contributed by atoms with Gasteiger partial charge in [-0.05, 0) is 55.7 Å². The van der Waals surface area contributed by atoms with E-state index in [1.54, 1.807) is 41.3 Å². The maximum atomic E-state index is 13.0. The molecule has 7 nitrogen and oxygen atoms in total. The molecule has 4 rings (SSSR count). The summed E-state index contributed by atoms with van der Waals surface area (Å²) < 4.78 is 27.5. The summed E-state index contributed by atoms with van der Waals surface area (Å²) in [6, 6.07) is 11.8. The zero-order valence-electron chi connectivity index (χ0n) is 17.9. The molecule has 0 spiro atoms. The summed E-state index contributed by atoms with van der Waals surface area (Å²) in [6.07, 6.45) is 2.83. The number of hydrogen-bond acceptors (Lipinski definition) is 4. The number of benzene rings is 2. The minimum atomic E-state index is -3.61. The second-order valence-corrected chi connectivity index (χ2v) is 10.7. The molecule has 0 aromatic heterocycles. The Bertz CT molecular complexity index is 1150. The van der Waals surface area contributed by atoms with Crippen molar-refractivity contribution in [2.75, 3.05) is 29.9 Å². The first kappa shape index (κ1) is 22.8. The molecule has 2 aliphatic rings. The SMILES string of the molecule is Cc1ccc(S(=O)(=O)N2CCCCC2)cc1NC(=O)C1CC(=O)N(c2cccc(Cl)c2)C1. The van der Waals surface area contributed by atoms with Crippen LogP contribution in [0.2, 0.25) is 5.02 Å². The number of halogens is 1. The number of amides is 2. The zero-order valence-corrected chi connectivity index (χ0v) is 19.5. The van der Waals surface area contributed by atoms with Gasteiger partial charge < -0.3 is 10.2 Å². The van der Waals surface area contributed by atoms with E-state index >= 15 is 0 Å². The molecular formula is C23H26ClN3O4S. The van der Waals surface area contributed by atoms with Gasteiger partial charge in [-0.3, -0.25) is 9.59 Å². The summed E-state index contributed by atoms with van der Waals surface area (Å²) in [6.45, 7) is 3.09. The third kappa shape index (κ3) is 4.67. The van der Waals surface area contributed by atoms with Gasteiger partial charge in [-0.15, -0.1) is 0 Å².